The van der Waals surface area contributed by atoms with E-state index in [1.807, 2.05) is 31.1 Å². The van der Waals surface area contributed by atoms with Crippen molar-refractivity contribution >= 4 is 35.2 Å². The highest BCUT2D eigenvalue weighted by molar-refractivity contribution is 7.98. The van der Waals surface area contributed by atoms with Gasteiger partial charge in [-0.3, -0.25) is 0 Å². The Balaban J connectivity index is 2.46. The van der Waals surface area contributed by atoms with Gasteiger partial charge in [-0.25, -0.2) is 9.97 Å². The molecule has 0 fully saturated rings. The van der Waals surface area contributed by atoms with Crippen LogP contribution in [0, 0.1) is 0 Å². The summed E-state index contributed by atoms with van der Waals surface area (Å²) < 4.78 is 0. The summed E-state index contributed by atoms with van der Waals surface area (Å²) in [6, 6.07) is 1.94. The molecule has 1 aromatic heterocycles. The summed E-state index contributed by atoms with van der Waals surface area (Å²) in [6.07, 6.45) is 6.54. The SMILES string of the molecule is CNc1cc(NCCCCSC)nc(SC)n1. The monoisotopic (exact) mass is 272 g/mol. The third-order valence-corrected chi connectivity index (χ3v) is 3.47. The molecule has 0 amide bonds. The van der Waals surface area contributed by atoms with Gasteiger partial charge >= 0.3 is 0 Å². The number of thioether (sulfide) groups is 2. The zero-order valence-electron chi connectivity index (χ0n) is 10.6. The minimum Gasteiger partial charge on any atom is -0.373 e. The molecule has 0 bridgehead atoms. The Morgan fingerprint density at radius 1 is 1.18 bits per heavy atom. The van der Waals surface area contributed by atoms with Crippen molar-refractivity contribution in [2.24, 2.45) is 0 Å². The largest absolute Gasteiger partial charge is 0.373 e. The van der Waals surface area contributed by atoms with E-state index >= 15 is 0 Å². The van der Waals surface area contributed by atoms with Crippen LogP contribution in [-0.4, -0.2) is 41.8 Å². The van der Waals surface area contributed by atoms with Crippen molar-refractivity contribution in [2.75, 3.05) is 42.5 Å². The fourth-order valence-electron chi connectivity index (χ4n) is 1.32. The molecular formula is C11H20N4S2. The predicted molar refractivity (Wildman–Crippen MR) is 79.5 cm³/mol. The Morgan fingerprint density at radius 2 is 1.94 bits per heavy atom. The van der Waals surface area contributed by atoms with Gasteiger partial charge in [-0.15, -0.1) is 0 Å². The van der Waals surface area contributed by atoms with Gasteiger partial charge in [0.25, 0.3) is 0 Å². The lowest BCUT2D eigenvalue weighted by atomic mass is 10.3. The van der Waals surface area contributed by atoms with Gasteiger partial charge in [0.05, 0.1) is 0 Å². The van der Waals surface area contributed by atoms with E-state index in [4.69, 9.17) is 0 Å². The first kappa shape index (κ1) is 14.4. The van der Waals surface area contributed by atoms with Gasteiger partial charge in [0, 0.05) is 19.7 Å². The molecule has 96 valence electrons. The normalized spacial score (nSPS) is 10.3. The van der Waals surface area contributed by atoms with Crippen molar-refractivity contribution in [3.05, 3.63) is 6.07 Å². The second-order valence-electron chi connectivity index (χ2n) is 3.50. The maximum atomic E-state index is 4.41. The fraction of sp³-hybridized carbons (Fsp3) is 0.636. The second kappa shape index (κ2) is 8.47. The minimum absolute atomic E-state index is 0.795. The molecule has 1 rings (SSSR count). The molecule has 2 N–H and O–H groups in total. The second-order valence-corrected chi connectivity index (χ2v) is 5.26. The Bertz CT molecular complexity index is 311. The highest BCUT2D eigenvalue weighted by Gasteiger charge is 2.02. The van der Waals surface area contributed by atoms with E-state index in [9.17, 15) is 0 Å². The van der Waals surface area contributed by atoms with E-state index < -0.39 is 0 Å². The molecule has 0 spiro atoms. The van der Waals surface area contributed by atoms with E-state index in [2.05, 4.69) is 26.9 Å². The molecule has 1 heterocycles. The number of hydrogen-bond donors (Lipinski definition) is 2. The number of unbranched alkanes of at least 4 members (excludes halogenated alkanes) is 1. The van der Waals surface area contributed by atoms with Crippen LogP contribution in [0.3, 0.4) is 0 Å². The summed E-state index contributed by atoms with van der Waals surface area (Å²) in [5.41, 5.74) is 0. The average molecular weight is 272 g/mol. The zero-order chi connectivity index (χ0) is 12.5. The average Bonchev–Trinajstić information content (AvgIpc) is 2.38. The van der Waals surface area contributed by atoms with Crippen molar-refractivity contribution in [3.63, 3.8) is 0 Å². The summed E-state index contributed by atoms with van der Waals surface area (Å²) in [6.45, 7) is 0.967. The van der Waals surface area contributed by atoms with Gasteiger partial charge in [-0.2, -0.15) is 11.8 Å². The number of nitrogens with zero attached hydrogens (tertiary/aromatic N) is 2. The lowest BCUT2D eigenvalue weighted by Gasteiger charge is -2.08. The molecule has 0 atom stereocenters. The maximum Gasteiger partial charge on any atom is 0.191 e. The van der Waals surface area contributed by atoms with Gasteiger partial charge in [0.15, 0.2) is 5.16 Å². The van der Waals surface area contributed by atoms with E-state index in [0.29, 0.717) is 0 Å². The molecule has 17 heavy (non-hydrogen) atoms. The van der Waals surface area contributed by atoms with Gasteiger partial charge < -0.3 is 10.6 Å². The van der Waals surface area contributed by atoms with Gasteiger partial charge in [-0.05, 0) is 31.1 Å². The first-order chi connectivity index (χ1) is 8.30. The Labute approximate surface area is 112 Å². The third kappa shape index (κ3) is 5.50. The molecule has 0 unspecified atom stereocenters. The van der Waals surface area contributed by atoms with Crippen LogP contribution in [0.2, 0.25) is 0 Å². The van der Waals surface area contributed by atoms with Crippen molar-refractivity contribution < 1.29 is 0 Å². The number of hydrogen-bond acceptors (Lipinski definition) is 6. The fourth-order valence-corrected chi connectivity index (χ4v) is 2.19. The first-order valence-corrected chi connectivity index (χ1v) is 8.25. The topological polar surface area (TPSA) is 49.8 Å². The molecule has 0 saturated heterocycles. The summed E-state index contributed by atoms with van der Waals surface area (Å²) in [7, 11) is 1.87. The van der Waals surface area contributed by atoms with Crippen LogP contribution >= 0.6 is 23.5 Å². The molecular weight excluding hydrogens is 252 g/mol. The Kier molecular flexibility index (Phi) is 7.19. The maximum absolute atomic E-state index is 4.41. The van der Waals surface area contributed by atoms with Crippen LogP contribution in [0.15, 0.2) is 11.2 Å². The number of nitrogens with one attached hydrogen (secondary N) is 2. The summed E-state index contributed by atoms with van der Waals surface area (Å²) in [5.74, 6) is 2.98. The van der Waals surface area contributed by atoms with Crippen LogP contribution in [0.4, 0.5) is 11.6 Å². The molecule has 6 heteroatoms. The van der Waals surface area contributed by atoms with Gasteiger partial charge in [0.2, 0.25) is 0 Å². The van der Waals surface area contributed by atoms with Crippen LogP contribution < -0.4 is 10.6 Å². The van der Waals surface area contributed by atoms with E-state index in [0.717, 1.165) is 23.3 Å². The van der Waals surface area contributed by atoms with Gasteiger partial charge in [-0.1, -0.05) is 11.8 Å². The molecule has 0 aromatic carbocycles. The Morgan fingerprint density at radius 3 is 2.59 bits per heavy atom. The van der Waals surface area contributed by atoms with E-state index in [1.54, 1.807) is 11.8 Å². The lowest BCUT2D eigenvalue weighted by Crippen LogP contribution is -2.06. The van der Waals surface area contributed by atoms with E-state index in [-0.39, 0.29) is 0 Å². The van der Waals surface area contributed by atoms with Crippen LogP contribution in [0.1, 0.15) is 12.8 Å². The molecule has 0 radical (unpaired) electrons. The Hall–Kier alpha value is -0.620. The molecule has 0 aliphatic carbocycles. The highest BCUT2D eigenvalue weighted by Crippen LogP contribution is 2.16. The van der Waals surface area contributed by atoms with Crippen LogP contribution in [0.25, 0.3) is 0 Å². The van der Waals surface area contributed by atoms with Crippen molar-refractivity contribution in [1.82, 2.24) is 9.97 Å². The van der Waals surface area contributed by atoms with Crippen LogP contribution in [-0.2, 0) is 0 Å². The number of aromatic nitrogens is 2. The number of anilines is 2. The van der Waals surface area contributed by atoms with Gasteiger partial charge in [0.1, 0.15) is 11.6 Å². The van der Waals surface area contributed by atoms with E-state index in [1.165, 1.54) is 18.6 Å². The summed E-state index contributed by atoms with van der Waals surface area (Å²) in [4.78, 5) is 8.74. The highest BCUT2D eigenvalue weighted by atomic mass is 32.2. The zero-order valence-corrected chi connectivity index (χ0v) is 12.2. The molecule has 0 aliphatic heterocycles. The first-order valence-electron chi connectivity index (χ1n) is 5.63. The third-order valence-electron chi connectivity index (χ3n) is 2.23. The molecule has 4 nitrogen and oxygen atoms in total. The standard InChI is InChI=1S/C11H20N4S2/c1-12-9-8-10(15-11(14-9)17-3)13-6-4-5-7-16-2/h8H,4-7H2,1-3H3,(H2,12,13,14,15). The predicted octanol–water partition coefficient (Wildman–Crippen LogP) is 2.80. The molecule has 0 saturated carbocycles. The summed E-state index contributed by atoms with van der Waals surface area (Å²) in [5, 5.41) is 7.18. The smallest absolute Gasteiger partial charge is 0.191 e. The quantitative estimate of drug-likeness (QED) is 0.431. The summed E-state index contributed by atoms with van der Waals surface area (Å²) >= 11 is 3.45. The van der Waals surface area contributed by atoms with Crippen LogP contribution in [0.5, 0.6) is 0 Å². The van der Waals surface area contributed by atoms with Crippen molar-refractivity contribution in [2.45, 2.75) is 18.0 Å². The van der Waals surface area contributed by atoms with Crippen molar-refractivity contribution in [3.8, 4) is 0 Å². The molecule has 1 aromatic rings. The lowest BCUT2D eigenvalue weighted by molar-refractivity contribution is 0.834. The number of rotatable bonds is 8. The minimum atomic E-state index is 0.795. The molecule has 0 aliphatic rings. The van der Waals surface area contributed by atoms with Crippen molar-refractivity contribution in [1.29, 1.82) is 0 Å².